The summed E-state index contributed by atoms with van der Waals surface area (Å²) in [5.74, 6) is 0.379. The van der Waals surface area contributed by atoms with Gasteiger partial charge in [-0.3, -0.25) is 14.2 Å². The van der Waals surface area contributed by atoms with Gasteiger partial charge < -0.3 is 5.32 Å². The van der Waals surface area contributed by atoms with Gasteiger partial charge in [-0.25, -0.2) is 4.98 Å². The topological polar surface area (TPSA) is 64.0 Å². The van der Waals surface area contributed by atoms with Crippen molar-refractivity contribution in [2.45, 2.75) is 31.2 Å². The van der Waals surface area contributed by atoms with Crippen LogP contribution in [0.5, 0.6) is 0 Å². The number of rotatable bonds is 5. The third kappa shape index (κ3) is 3.65. The first-order chi connectivity index (χ1) is 9.90. The average Bonchev–Trinajstić information content (AvgIpc) is 2.89. The zero-order valence-electron chi connectivity index (χ0n) is 12.5. The Bertz CT molecular complexity index is 706. The van der Waals surface area contributed by atoms with Crippen molar-refractivity contribution in [1.82, 2.24) is 14.9 Å². The van der Waals surface area contributed by atoms with E-state index < -0.39 is 0 Å². The molecule has 7 heteroatoms. The lowest BCUT2D eigenvalue weighted by Gasteiger charge is -2.14. The van der Waals surface area contributed by atoms with Crippen LogP contribution in [-0.2, 0) is 11.8 Å². The van der Waals surface area contributed by atoms with Gasteiger partial charge in [-0.1, -0.05) is 25.6 Å². The fourth-order valence-corrected chi connectivity index (χ4v) is 3.44. The SMILES string of the molecule is CC(C)CNC(=O)C(C)Sc1nc2ccsc2c(=O)n1C. The largest absolute Gasteiger partial charge is 0.355 e. The number of thiophene rings is 1. The van der Waals surface area contributed by atoms with Crippen molar-refractivity contribution < 1.29 is 4.79 Å². The van der Waals surface area contributed by atoms with Gasteiger partial charge in [0.1, 0.15) is 4.70 Å². The van der Waals surface area contributed by atoms with Crippen LogP contribution in [0.15, 0.2) is 21.4 Å². The van der Waals surface area contributed by atoms with Crippen LogP contribution in [0.3, 0.4) is 0 Å². The molecule has 0 aliphatic rings. The van der Waals surface area contributed by atoms with Crippen molar-refractivity contribution in [2.24, 2.45) is 13.0 Å². The van der Waals surface area contributed by atoms with Gasteiger partial charge in [0.15, 0.2) is 5.16 Å². The highest BCUT2D eigenvalue weighted by Crippen LogP contribution is 2.23. The third-order valence-electron chi connectivity index (χ3n) is 2.98. The van der Waals surface area contributed by atoms with Gasteiger partial charge in [-0.05, 0) is 24.3 Å². The number of hydrogen-bond donors (Lipinski definition) is 1. The van der Waals surface area contributed by atoms with Crippen molar-refractivity contribution in [3.63, 3.8) is 0 Å². The fraction of sp³-hybridized carbons (Fsp3) is 0.500. The smallest absolute Gasteiger partial charge is 0.271 e. The standard InChI is InChI=1S/C14H19N3O2S2/c1-8(2)7-15-12(18)9(3)21-14-16-10-5-6-20-11(10)13(19)17(14)4/h5-6,8-9H,7H2,1-4H3,(H,15,18). The van der Waals surface area contributed by atoms with Crippen LogP contribution < -0.4 is 10.9 Å². The molecule has 2 rings (SSSR count). The molecule has 1 N–H and O–H groups in total. The Morgan fingerprint density at radius 2 is 2.19 bits per heavy atom. The summed E-state index contributed by atoms with van der Waals surface area (Å²) >= 11 is 2.70. The molecule has 114 valence electrons. The van der Waals surface area contributed by atoms with E-state index in [2.05, 4.69) is 10.3 Å². The molecule has 2 aromatic heterocycles. The molecular weight excluding hydrogens is 306 g/mol. The Morgan fingerprint density at radius 1 is 1.48 bits per heavy atom. The van der Waals surface area contributed by atoms with Crippen molar-refractivity contribution >= 4 is 39.2 Å². The molecule has 1 atom stereocenters. The number of nitrogens with zero attached hydrogens (tertiary/aromatic N) is 2. The average molecular weight is 325 g/mol. The van der Waals surface area contributed by atoms with E-state index in [9.17, 15) is 9.59 Å². The lowest BCUT2D eigenvalue weighted by Crippen LogP contribution is -2.34. The highest BCUT2D eigenvalue weighted by Gasteiger charge is 2.18. The van der Waals surface area contributed by atoms with Crippen molar-refractivity contribution in [3.05, 3.63) is 21.8 Å². The maximum absolute atomic E-state index is 12.2. The van der Waals surface area contributed by atoms with E-state index in [0.717, 1.165) is 0 Å². The monoisotopic (exact) mass is 325 g/mol. The van der Waals surface area contributed by atoms with Crippen LogP contribution in [0.2, 0.25) is 0 Å². The maximum Gasteiger partial charge on any atom is 0.271 e. The maximum atomic E-state index is 12.2. The molecule has 0 saturated heterocycles. The molecule has 1 unspecified atom stereocenters. The quantitative estimate of drug-likeness (QED) is 0.676. The van der Waals surface area contributed by atoms with Gasteiger partial charge in [0.25, 0.3) is 5.56 Å². The zero-order valence-corrected chi connectivity index (χ0v) is 14.2. The summed E-state index contributed by atoms with van der Waals surface area (Å²) in [6, 6.07) is 1.83. The molecule has 0 saturated carbocycles. The minimum absolute atomic E-state index is 0.0339. The summed E-state index contributed by atoms with van der Waals surface area (Å²) in [4.78, 5) is 28.7. The van der Waals surface area contributed by atoms with E-state index >= 15 is 0 Å². The fourth-order valence-electron chi connectivity index (χ4n) is 1.73. The number of carbonyl (C=O) groups is 1. The minimum atomic E-state index is -0.294. The number of aromatic nitrogens is 2. The van der Waals surface area contributed by atoms with E-state index in [0.29, 0.717) is 27.8 Å². The molecule has 0 fully saturated rings. The summed E-state index contributed by atoms with van der Waals surface area (Å²) < 4.78 is 2.16. The van der Waals surface area contributed by atoms with Gasteiger partial charge >= 0.3 is 0 Å². The van der Waals surface area contributed by atoms with Gasteiger partial charge in [0, 0.05) is 13.6 Å². The lowest BCUT2D eigenvalue weighted by atomic mass is 10.2. The molecule has 2 aromatic rings. The lowest BCUT2D eigenvalue weighted by molar-refractivity contribution is -0.120. The number of amides is 1. The van der Waals surface area contributed by atoms with Gasteiger partial charge in [-0.15, -0.1) is 11.3 Å². The molecule has 0 spiro atoms. The second-order valence-corrected chi connectivity index (χ2v) is 7.52. The molecule has 5 nitrogen and oxygen atoms in total. The molecule has 0 aliphatic carbocycles. The van der Waals surface area contributed by atoms with Crippen LogP contribution in [-0.4, -0.2) is 27.3 Å². The van der Waals surface area contributed by atoms with E-state index in [-0.39, 0.29) is 16.7 Å². The number of carbonyl (C=O) groups excluding carboxylic acids is 1. The first-order valence-electron chi connectivity index (χ1n) is 6.78. The zero-order chi connectivity index (χ0) is 15.6. The van der Waals surface area contributed by atoms with Crippen molar-refractivity contribution in [2.75, 3.05) is 6.54 Å². The van der Waals surface area contributed by atoms with Gasteiger partial charge in [-0.2, -0.15) is 0 Å². The highest BCUT2D eigenvalue weighted by molar-refractivity contribution is 8.00. The first-order valence-corrected chi connectivity index (χ1v) is 8.54. The molecule has 0 radical (unpaired) electrons. The number of hydrogen-bond acceptors (Lipinski definition) is 5. The summed E-state index contributed by atoms with van der Waals surface area (Å²) in [7, 11) is 1.69. The molecular formula is C14H19N3O2S2. The molecule has 0 aromatic carbocycles. The Hall–Kier alpha value is -1.34. The summed E-state index contributed by atoms with van der Waals surface area (Å²) in [5.41, 5.74) is 0.632. The van der Waals surface area contributed by atoms with Crippen molar-refractivity contribution in [1.29, 1.82) is 0 Å². The summed E-state index contributed by atoms with van der Waals surface area (Å²) in [6.45, 7) is 6.58. The predicted octanol–water partition coefficient (Wildman–Crippen LogP) is 2.25. The van der Waals surface area contributed by atoms with Gasteiger partial charge in [0.05, 0.1) is 10.8 Å². The normalized spacial score (nSPS) is 12.8. The van der Waals surface area contributed by atoms with Crippen LogP contribution in [0, 0.1) is 5.92 Å². The number of nitrogens with one attached hydrogen (secondary N) is 1. The van der Waals surface area contributed by atoms with E-state index in [4.69, 9.17) is 0 Å². The Balaban J connectivity index is 2.17. The first kappa shape index (κ1) is 16.0. The molecule has 21 heavy (non-hydrogen) atoms. The van der Waals surface area contributed by atoms with E-state index in [1.807, 2.05) is 32.2 Å². The Labute approximate surface area is 131 Å². The minimum Gasteiger partial charge on any atom is -0.355 e. The van der Waals surface area contributed by atoms with Crippen molar-refractivity contribution in [3.8, 4) is 0 Å². The summed E-state index contributed by atoms with van der Waals surface area (Å²) in [5, 5.41) is 5.02. The predicted molar refractivity (Wildman–Crippen MR) is 88.0 cm³/mol. The third-order valence-corrected chi connectivity index (χ3v) is 5.02. The van der Waals surface area contributed by atoms with Crippen LogP contribution in [0.1, 0.15) is 20.8 Å². The Morgan fingerprint density at radius 3 is 2.86 bits per heavy atom. The molecule has 2 heterocycles. The second kappa shape index (κ2) is 6.62. The van der Waals surface area contributed by atoms with Gasteiger partial charge in [0.2, 0.25) is 5.91 Å². The molecule has 0 aliphatic heterocycles. The molecule has 1 amide bonds. The Kier molecular flexibility index (Phi) is 5.05. The number of thioether (sulfide) groups is 1. The van der Waals surface area contributed by atoms with E-state index in [1.165, 1.54) is 27.7 Å². The van der Waals surface area contributed by atoms with Crippen LogP contribution in [0.25, 0.3) is 10.2 Å². The highest BCUT2D eigenvalue weighted by atomic mass is 32.2. The molecule has 0 bridgehead atoms. The summed E-state index contributed by atoms with van der Waals surface area (Å²) in [6.07, 6.45) is 0. The number of fused-ring (bicyclic) bond motifs is 1. The second-order valence-electron chi connectivity index (χ2n) is 5.29. The van der Waals surface area contributed by atoms with E-state index in [1.54, 1.807) is 7.05 Å². The van der Waals surface area contributed by atoms with Crippen LogP contribution >= 0.6 is 23.1 Å². The van der Waals surface area contributed by atoms with Crippen LogP contribution in [0.4, 0.5) is 0 Å².